The molecule has 0 aromatic heterocycles. The van der Waals surface area contributed by atoms with Gasteiger partial charge in [-0.25, -0.2) is 0 Å². The van der Waals surface area contributed by atoms with Gasteiger partial charge in [0.05, 0.1) is 0 Å². The molecule has 0 unspecified atom stereocenters. The van der Waals surface area contributed by atoms with Crippen molar-refractivity contribution in [1.29, 1.82) is 0 Å². The second-order valence-electron chi connectivity index (χ2n) is 5.29. The van der Waals surface area contributed by atoms with Gasteiger partial charge in [0.2, 0.25) is 0 Å². The molecule has 0 bridgehead atoms. The summed E-state index contributed by atoms with van der Waals surface area (Å²) in [5.74, 6) is 0. The van der Waals surface area contributed by atoms with Crippen molar-refractivity contribution in [3.63, 3.8) is 0 Å². The van der Waals surface area contributed by atoms with E-state index in [-0.39, 0.29) is 0 Å². The highest BCUT2D eigenvalue weighted by atomic mass is 79.9. The van der Waals surface area contributed by atoms with Crippen LogP contribution >= 0.6 is 15.9 Å². The zero-order valence-electron chi connectivity index (χ0n) is 9.58. The number of fused-ring (bicyclic) bond motifs is 1. The Morgan fingerprint density at radius 1 is 1.25 bits per heavy atom. The quantitative estimate of drug-likeness (QED) is 0.764. The molecule has 0 radical (unpaired) electrons. The van der Waals surface area contributed by atoms with E-state index in [0.717, 1.165) is 0 Å². The van der Waals surface area contributed by atoms with Gasteiger partial charge in [-0.15, -0.1) is 0 Å². The summed E-state index contributed by atoms with van der Waals surface area (Å²) >= 11 is 3.70. The summed E-state index contributed by atoms with van der Waals surface area (Å²) in [6, 6.07) is 8.88. The first-order chi connectivity index (χ1) is 7.83. The standard InChI is InChI=1S/C14H18BrN/c15-10-14(7-3-8-14)11-16-9-6-12-4-1-2-5-13(12)16/h1-2,4-5H,3,6-11H2. The van der Waals surface area contributed by atoms with Gasteiger partial charge in [-0.2, -0.15) is 0 Å². The van der Waals surface area contributed by atoms with Crippen LogP contribution in [0.1, 0.15) is 24.8 Å². The first kappa shape index (κ1) is 10.6. The Balaban J connectivity index is 1.78. The molecule has 2 aliphatic rings. The lowest BCUT2D eigenvalue weighted by atomic mass is 9.70. The number of halogens is 1. The third kappa shape index (κ3) is 1.67. The maximum atomic E-state index is 3.70. The van der Waals surface area contributed by atoms with E-state index < -0.39 is 0 Å². The van der Waals surface area contributed by atoms with Gasteiger partial charge in [-0.3, -0.25) is 0 Å². The summed E-state index contributed by atoms with van der Waals surface area (Å²) in [5.41, 5.74) is 3.58. The molecule has 0 N–H and O–H groups in total. The van der Waals surface area contributed by atoms with E-state index in [4.69, 9.17) is 0 Å². The molecule has 0 atom stereocenters. The maximum Gasteiger partial charge on any atom is 0.0399 e. The van der Waals surface area contributed by atoms with Gasteiger partial charge >= 0.3 is 0 Å². The molecule has 0 spiro atoms. The fourth-order valence-corrected chi connectivity index (χ4v) is 3.72. The Labute approximate surface area is 106 Å². The number of anilines is 1. The van der Waals surface area contributed by atoms with Gasteiger partial charge in [0.15, 0.2) is 0 Å². The summed E-state index contributed by atoms with van der Waals surface area (Å²) in [6.45, 7) is 2.46. The average Bonchev–Trinajstić information content (AvgIpc) is 2.67. The number of nitrogens with zero attached hydrogens (tertiary/aromatic N) is 1. The van der Waals surface area contributed by atoms with Crippen LogP contribution in [-0.4, -0.2) is 18.4 Å². The highest BCUT2D eigenvalue weighted by molar-refractivity contribution is 9.09. The van der Waals surface area contributed by atoms with Crippen molar-refractivity contribution in [3.8, 4) is 0 Å². The van der Waals surface area contributed by atoms with Crippen LogP contribution in [0.4, 0.5) is 5.69 Å². The van der Waals surface area contributed by atoms with Gasteiger partial charge in [-0.05, 0) is 36.3 Å². The van der Waals surface area contributed by atoms with Crippen LogP contribution in [-0.2, 0) is 6.42 Å². The van der Waals surface area contributed by atoms with E-state index >= 15 is 0 Å². The van der Waals surface area contributed by atoms with Crippen LogP contribution in [0.2, 0.25) is 0 Å². The van der Waals surface area contributed by atoms with E-state index in [0.29, 0.717) is 5.41 Å². The van der Waals surface area contributed by atoms with Crippen LogP contribution in [0, 0.1) is 5.41 Å². The minimum Gasteiger partial charge on any atom is -0.370 e. The minimum absolute atomic E-state index is 0.567. The lowest BCUT2D eigenvalue weighted by Gasteiger charge is -2.43. The van der Waals surface area contributed by atoms with Gasteiger partial charge in [0.25, 0.3) is 0 Å². The number of benzene rings is 1. The molecular weight excluding hydrogens is 262 g/mol. The van der Waals surface area contributed by atoms with Gasteiger partial charge in [-0.1, -0.05) is 40.5 Å². The third-order valence-electron chi connectivity index (χ3n) is 4.21. The SMILES string of the molecule is BrCC1(CN2CCc3ccccc32)CCC1. The smallest absolute Gasteiger partial charge is 0.0399 e. The monoisotopic (exact) mass is 279 g/mol. The third-order valence-corrected chi connectivity index (χ3v) is 5.40. The van der Waals surface area contributed by atoms with Crippen molar-refractivity contribution in [1.82, 2.24) is 0 Å². The molecule has 2 heteroatoms. The summed E-state index contributed by atoms with van der Waals surface area (Å²) in [5, 5.41) is 1.17. The molecule has 1 heterocycles. The largest absolute Gasteiger partial charge is 0.370 e. The van der Waals surface area contributed by atoms with Gasteiger partial charge in [0, 0.05) is 24.1 Å². The van der Waals surface area contributed by atoms with E-state index in [1.165, 1.54) is 55.4 Å². The van der Waals surface area contributed by atoms with E-state index in [1.54, 1.807) is 0 Å². The zero-order chi connectivity index (χ0) is 11.0. The second-order valence-corrected chi connectivity index (χ2v) is 5.85. The molecule has 1 saturated carbocycles. The molecule has 16 heavy (non-hydrogen) atoms. The summed E-state index contributed by atoms with van der Waals surface area (Å²) in [6.07, 6.45) is 5.45. The van der Waals surface area contributed by atoms with Crippen molar-refractivity contribution in [2.45, 2.75) is 25.7 Å². The molecule has 1 fully saturated rings. The Hall–Kier alpha value is -0.500. The fraction of sp³-hybridized carbons (Fsp3) is 0.571. The number of para-hydroxylation sites is 1. The lowest BCUT2D eigenvalue weighted by molar-refractivity contribution is 0.178. The molecule has 1 nitrogen and oxygen atoms in total. The Morgan fingerprint density at radius 2 is 2.06 bits per heavy atom. The van der Waals surface area contributed by atoms with Crippen LogP contribution in [0.15, 0.2) is 24.3 Å². The Bertz CT molecular complexity index is 379. The topological polar surface area (TPSA) is 3.24 Å². The first-order valence-corrected chi connectivity index (χ1v) is 7.34. The molecular formula is C14H18BrN. The molecule has 0 amide bonds. The highest BCUT2D eigenvalue weighted by Crippen LogP contribution is 2.44. The van der Waals surface area contributed by atoms with E-state index in [2.05, 4.69) is 45.1 Å². The van der Waals surface area contributed by atoms with Crippen LogP contribution in [0.3, 0.4) is 0 Å². The molecule has 1 aromatic carbocycles. The number of hydrogen-bond donors (Lipinski definition) is 0. The average molecular weight is 280 g/mol. The van der Waals surface area contributed by atoms with Crippen molar-refractivity contribution < 1.29 is 0 Å². The number of rotatable bonds is 3. The van der Waals surface area contributed by atoms with Crippen molar-refractivity contribution >= 4 is 21.6 Å². The molecule has 3 rings (SSSR count). The Morgan fingerprint density at radius 3 is 2.75 bits per heavy atom. The van der Waals surface area contributed by atoms with E-state index in [1.807, 2.05) is 0 Å². The minimum atomic E-state index is 0.567. The second kappa shape index (κ2) is 4.06. The number of hydrogen-bond acceptors (Lipinski definition) is 1. The molecule has 0 saturated heterocycles. The highest BCUT2D eigenvalue weighted by Gasteiger charge is 2.38. The maximum absolute atomic E-state index is 3.70. The predicted molar refractivity (Wildman–Crippen MR) is 72.4 cm³/mol. The van der Waals surface area contributed by atoms with Crippen molar-refractivity contribution in [3.05, 3.63) is 29.8 Å². The van der Waals surface area contributed by atoms with Crippen molar-refractivity contribution in [2.75, 3.05) is 23.3 Å². The Kier molecular flexibility index (Phi) is 2.70. The summed E-state index contributed by atoms with van der Waals surface area (Å²) in [4.78, 5) is 2.59. The molecule has 86 valence electrons. The van der Waals surface area contributed by atoms with Crippen LogP contribution < -0.4 is 4.90 Å². The lowest BCUT2D eigenvalue weighted by Crippen LogP contribution is -2.43. The van der Waals surface area contributed by atoms with Crippen molar-refractivity contribution in [2.24, 2.45) is 5.41 Å². The van der Waals surface area contributed by atoms with Crippen LogP contribution in [0.25, 0.3) is 0 Å². The molecule has 1 aliphatic heterocycles. The number of alkyl halides is 1. The predicted octanol–water partition coefficient (Wildman–Crippen LogP) is 3.61. The van der Waals surface area contributed by atoms with E-state index in [9.17, 15) is 0 Å². The van der Waals surface area contributed by atoms with Crippen LogP contribution in [0.5, 0.6) is 0 Å². The first-order valence-electron chi connectivity index (χ1n) is 6.22. The normalized spacial score (nSPS) is 21.7. The summed E-state index contributed by atoms with van der Waals surface area (Å²) in [7, 11) is 0. The summed E-state index contributed by atoms with van der Waals surface area (Å²) < 4.78 is 0. The molecule has 1 aromatic rings. The van der Waals surface area contributed by atoms with Gasteiger partial charge < -0.3 is 4.90 Å². The van der Waals surface area contributed by atoms with Gasteiger partial charge in [0.1, 0.15) is 0 Å². The fourth-order valence-electron chi connectivity index (χ4n) is 2.99. The zero-order valence-corrected chi connectivity index (χ0v) is 11.2. The molecule has 1 aliphatic carbocycles.